The normalized spacial score (nSPS) is 18.6. The quantitative estimate of drug-likeness (QED) is 0.122. The third kappa shape index (κ3) is 7.44. The molecule has 1 aliphatic rings. The van der Waals surface area contributed by atoms with E-state index in [-0.39, 0.29) is 11.3 Å². The van der Waals surface area contributed by atoms with Crippen LogP contribution >= 0.6 is 23.2 Å². The Bertz CT molecular complexity index is 1540. The number of carbonyl (C=O) groups is 3. The molecule has 3 amide bonds. The van der Waals surface area contributed by atoms with Crippen molar-refractivity contribution >= 4 is 52.3 Å². The van der Waals surface area contributed by atoms with Gasteiger partial charge in [-0.05, 0) is 49.8 Å². The van der Waals surface area contributed by atoms with Gasteiger partial charge in [0.05, 0.1) is 22.7 Å². The fraction of sp³-hybridized carbons (Fsp3) is 0.269. The largest absolute Gasteiger partial charge is 0.419 e. The highest BCUT2D eigenvalue weighted by Gasteiger charge is 2.67. The lowest BCUT2D eigenvalue weighted by Crippen LogP contribution is -2.26. The summed E-state index contributed by atoms with van der Waals surface area (Å²) in [7, 11) is 0. The zero-order chi connectivity index (χ0) is 32.6. The molecular weight excluding hydrogens is 644 g/mol. The lowest BCUT2D eigenvalue weighted by Gasteiger charge is -2.13. The molecule has 0 aromatic heterocycles. The summed E-state index contributed by atoms with van der Waals surface area (Å²) < 4.78 is 119. The molecule has 43 heavy (non-hydrogen) atoms. The second-order valence-corrected chi connectivity index (χ2v) is 10.6. The van der Waals surface area contributed by atoms with Crippen molar-refractivity contribution in [3.8, 4) is 0 Å². The van der Waals surface area contributed by atoms with Crippen LogP contribution in [0.1, 0.15) is 30.9 Å². The summed E-state index contributed by atoms with van der Waals surface area (Å²) >= 11 is 12.2. The first kappa shape index (κ1) is 33.8. The fourth-order valence-electron chi connectivity index (χ4n) is 4.00. The van der Waals surface area contributed by atoms with Gasteiger partial charge in [-0.15, -0.1) is 23.2 Å². The Kier molecular flexibility index (Phi) is 9.81. The second kappa shape index (κ2) is 12.5. The minimum absolute atomic E-state index is 0.198. The number of alkyl halides is 7. The van der Waals surface area contributed by atoms with Crippen LogP contribution in [0, 0.1) is 23.4 Å². The molecule has 0 radical (unpaired) electrons. The van der Waals surface area contributed by atoms with Gasteiger partial charge in [0.25, 0.3) is 11.8 Å². The van der Waals surface area contributed by atoms with Gasteiger partial charge >= 0.3 is 12.6 Å². The SMILES string of the molecule is C/C(F)=C(\C=C(/C)NC(=O)[C@H]1[C@H](c2ccc(F)c(C(F)(F)F)c2)C1(Cl)Cl)C(=O)Nc1c(F)ccc(NC(=O)C(F)F)c1F. The minimum Gasteiger partial charge on any atom is -0.330 e. The first-order valence-corrected chi connectivity index (χ1v) is 12.5. The average Bonchev–Trinajstić information content (AvgIpc) is 3.47. The van der Waals surface area contributed by atoms with E-state index >= 15 is 0 Å². The number of allylic oxidation sites excluding steroid dienone is 2. The molecule has 3 rings (SSSR count). The van der Waals surface area contributed by atoms with E-state index in [1.807, 2.05) is 0 Å². The summed E-state index contributed by atoms with van der Waals surface area (Å²) in [5.41, 5.74) is -5.07. The summed E-state index contributed by atoms with van der Waals surface area (Å²) in [4.78, 5) is 36.7. The van der Waals surface area contributed by atoms with Crippen LogP contribution in [0.3, 0.4) is 0 Å². The summed E-state index contributed by atoms with van der Waals surface area (Å²) in [5, 5.41) is 5.43. The molecule has 0 unspecified atom stereocenters. The maximum atomic E-state index is 14.7. The van der Waals surface area contributed by atoms with E-state index in [0.29, 0.717) is 24.3 Å². The molecule has 17 heteroatoms. The van der Waals surface area contributed by atoms with E-state index < -0.39 is 92.3 Å². The van der Waals surface area contributed by atoms with Crippen LogP contribution in [0.4, 0.5) is 50.9 Å². The van der Waals surface area contributed by atoms with Crippen LogP contribution in [0.25, 0.3) is 0 Å². The van der Waals surface area contributed by atoms with Gasteiger partial charge in [-0.2, -0.15) is 22.0 Å². The van der Waals surface area contributed by atoms with Gasteiger partial charge in [-0.1, -0.05) is 6.07 Å². The molecule has 2 atom stereocenters. The molecule has 0 spiro atoms. The Morgan fingerprint density at radius 1 is 0.977 bits per heavy atom. The Labute approximate surface area is 246 Å². The molecular formula is C26H18Cl2F9N3O3. The van der Waals surface area contributed by atoms with Crippen molar-refractivity contribution in [3.05, 3.63) is 82.1 Å². The topological polar surface area (TPSA) is 87.3 Å². The van der Waals surface area contributed by atoms with Gasteiger partial charge in [0.1, 0.15) is 27.5 Å². The smallest absolute Gasteiger partial charge is 0.330 e. The van der Waals surface area contributed by atoms with Crippen molar-refractivity contribution < 1.29 is 53.9 Å². The van der Waals surface area contributed by atoms with Gasteiger partial charge in [0, 0.05) is 11.6 Å². The average molecular weight is 662 g/mol. The van der Waals surface area contributed by atoms with Gasteiger partial charge in [0.2, 0.25) is 5.91 Å². The van der Waals surface area contributed by atoms with Gasteiger partial charge in [0.15, 0.2) is 5.82 Å². The predicted octanol–water partition coefficient (Wildman–Crippen LogP) is 7.12. The van der Waals surface area contributed by atoms with Crippen LogP contribution in [-0.4, -0.2) is 28.5 Å². The molecule has 6 nitrogen and oxygen atoms in total. The van der Waals surface area contributed by atoms with Crippen LogP contribution in [0.5, 0.6) is 0 Å². The molecule has 2 aromatic carbocycles. The minimum atomic E-state index is -5.05. The summed E-state index contributed by atoms with van der Waals surface area (Å²) in [6.07, 6.45) is -7.85. The molecule has 3 N–H and O–H groups in total. The first-order chi connectivity index (χ1) is 19.8. The van der Waals surface area contributed by atoms with Gasteiger partial charge < -0.3 is 16.0 Å². The molecule has 0 saturated heterocycles. The number of anilines is 2. The first-order valence-electron chi connectivity index (χ1n) is 11.8. The number of carbonyl (C=O) groups excluding carboxylic acids is 3. The third-order valence-electron chi connectivity index (χ3n) is 6.07. The zero-order valence-electron chi connectivity index (χ0n) is 21.6. The Morgan fingerprint density at radius 2 is 1.58 bits per heavy atom. The van der Waals surface area contributed by atoms with Crippen molar-refractivity contribution in [1.29, 1.82) is 0 Å². The van der Waals surface area contributed by atoms with Gasteiger partial charge in [-0.3, -0.25) is 14.4 Å². The number of hydrogen-bond acceptors (Lipinski definition) is 3. The zero-order valence-corrected chi connectivity index (χ0v) is 23.1. The molecule has 0 aliphatic heterocycles. The standard InChI is InChI=1S/C26H18Cl2F9N3O3/c1-9(38-23(42)18-17(25(18,27)28)11-3-4-14(30)13(8-11)26(35,36)37)7-12(10(2)29)22(41)40-20-15(31)5-6-16(19(20)32)39-24(43)21(33)34/h3-8,17-18,21H,1-2H3,(H,38,42)(H,39,43)(H,40,41)/b9-7+,12-10-/t17-,18+/m0/s1. The number of benzene rings is 2. The van der Waals surface area contributed by atoms with E-state index in [1.165, 1.54) is 5.32 Å². The monoisotopic (exact) mass is 661 g/mol. The lowest BCUT2D eigenvalue weighted by molar-refractivity contribution is -0.140. The predicted molar refractivity (Wildman–Crippen MR) is 137 cm³/mol. The molecule has 1 saturated carbocycles. The molecule has 232 valence electrons. The number of nitrogens with one attached hydrogen (secondary N) is 3. The Balaban J connectivity index is 1.80. The van der Waals surface area contributed by atoms with Crippen LogP contribution in [0.2, 0.25) is 0 Å². The van der Waals surface area contributed by atoms with Crippen molar-refractivity contribution in [1.82, 2.24) is 5.32 Å². The summed E-state index contributed by atoms with van der Waals surface area (Å²) in [6, 6.07) is 3.09. The van der Waals surface area contributed by atoms with Crippen LogP contribution in [-0.2, 0) is 20.6 Å². The highest BCUT2D eigenvalue weighted by atomic mass is 35.5. The number of amides is 3. The molecule has 1 fully saturated rings. The molecule has 2 aromatic rings. The van der Waals surface area contributed by atoms with E-state index in [1.54, 1.807) is 5.32 Å². The summed E-state index contributed by atoms with van der Waals surface area (Å²) in [6.45, 7) is 1.93. The maximum absolute atomic E-state index is 14.7. The van der Waals surface area contributed by atoms with E-state index in [4.69, 9.17) is 23.2 Å². The Morgan fingerprint density at radius 3 is 2.14 bits per heavy atom. The second-order valence-electron chi connectivity index (χ2n) is 9.16. The van der Waals surface area contributed by atoms with Crippen LogP contribution < -0.4 is 16.0 Å². The van der Waals surface area contributed by atoms with Gasteiger partial charge in [-0.25, -0.2) is 17.6 Å². The highest BCUT2D eigenvalue weighted by Crippen LogP contribution is 2.65. The van der Waals surface area contributed by atoms with E-state index in [9.17, 15) is 53.9 Å². The number of halogens is 11. The van der Waals surface area contributed by atoms with Crippen LogP contribution in [0.15, 0.2) is 53.5 Å². The maximum Gasteiger partial charge on any atom is 0.419 e. The molecule has 0 heterocycles. The molecule has 1 aliphatic carbocycles. The fourth-order valence-corrected chi connectivity index (χ4v) is 4.83. The lowest BCUT2D eigenvalue weighted by atomic mass is 10.0. The summed E-state index contributed by atoms with van der Waals surface area (Å²) in [5.74, 6) is -12.8. The van der Waals surface area contributed by atoms with E-state index in [2.05, 4.69) is 5.32 Å². The van der Waals surface area contributed by atoms with Crippen molar-refractivity contribution in [2.45, 2.75) is 36.7 Å². The number of hydrogen-bond donors (Lipinski definition) is 3. The third-order valence-corrected chi connectivity index (χ3v) is 7.01. The van der Waals surface area contributed by atoms with Crippen molar-refractivity contribution in [2.75, 3.05) is 10.6 Å². The Hall–Kier alpha value is -3.72. The van der Waals surface area contributed by atoms with Crippen molar-refractivity contribution in [3.63, 3.8) is 0 Å². The van der Waals surface area contributed by atoms with E-state index in [0.717, 1.165) is 26.0 Å². The molecule has 0 bridgehead atoms. The van der Waals surface area contributed by atoms with Crippen molar-refractivity contribution in [2.24, 2.45) is 5.92 Å². The highest BCUT2D eigenvalue weighted by molar-refractivity contribution is 6.53. The number of rotatable bonds is 8.